The zero-order chi connectivity index (χ0) is 19.0. The number of pyridine rings is 1. The molecule has 2 aromatic rings. The molecule has 10 heteroatoms. The van der Waals surface area contributed by atoms with E-state index in [1.807, 2.05) is 0 Å². The molecule has 0 aromatic carbocycles. The van der Waals surface area contributed by atoms with E-state index in [2.05, 4.69) is 19.9 Å². The Bertz CT molecular complexity index is 852. The van der Waals surface area contributed by atoms with E-state index in [-0.39, 0.29) is 11.0 Å². The van der Waals surface area contributed by atoms with Gasteiger partial charge >= 0.3 is 0 Å². The molecule has 2 aliphatic rings. The Hall–Kier alpha value is -1.48. The van der Waals surface area contributed by atoms with Crippen LogP contribution in [0, 0.1) is 5.41 Å². The van der Waals surface area contributed by atoms with Crippen LogP contribution in [0.1, 0.15) is 19.3 Å². The van der Waals surface area contributed by atoms with E-state index in [0.717, 1.165) is 51.4 Å². The Morgan fingerprint density at radius 2 is 1.93 bits per heavy atom. The standard InChI is InChI=1S/C17H20Cl2N6OS/c18-13-10(7-11(20)23-14(13)19)27-16-15(21)24-12(8-22-16)25-4-1-17(2-5-25)3-6-26-9-17/h7-8H,1-6,9H2,(H2,20,23)(H2,21,24). The number of halogens is 2. The molecule has 4 heterocycles. The molecule has 1 spiro atoms. The number of hydrogen-bond donors (Lipinski definition) is 2. The SMILES string of the molecule is Nc1cc(Sc2ncc(N3CCC4(CCOC4)CC3)nc2N)c(Cl)c(Cl)n1. The molecule has 2 fully saturated rings. The molecule has 0 bridgehead atoms. The van der Waals surface area contributed by atoms with Crippen LogP contribution in [0.5, 0.6) is 0 Å². The number of nitrogen functional groups attached to an aromatic ring is 2. The van der Waals surface area contributed by atoms with Crippen LogP contribution >= 0.6 is 35.0 Å². The average molecular weight is 427 g/mol. The molecule has 7 nitrogen and oxygen atoms in total. The van der Waals surface area contributed by atoms with Gasteiger partial charge in [-0.15, -0.1) is 0 Å². The van der Waals surface area contributed by atoms with E-state index in [0.29, 0.717) is 26.2 Å². The summed E-state index contributed by atoms with van der Waals surface area (Å²) in [6, 6.07) is 1.64. The molecule has 144 valence electrons. The summed E-state index contributed by atoms with van der Waals surface area (Å²) in [4.78, 5) is 15.8. The summed E-state index contributed by atoms with van der Waals surface area (Å²) in [5.41, 5.74) is 12.2. The number of rotatable bonds is 3. The topological polar surface area (TPSA) is 103 Å². The number of hydrogen-bond acceptors (Lipinski definition) is 8. The van der Waals surface area contributed by atoms with Gasteiger partial charge in [-0.05, 0) is 30.7 Å². The predicted molar refractivity (Wildman–Crippen MR) is 109 cm³/mol. The minimum Gasteiger partial charge on any atom is -0.384 e. The maximum Gasteiger partial charge on any atom is 0.158 e. The summed E-state index contributed by atoms with van der Waals surface area (Å²) in [7, 11) is 0. The molecule has 2 aromatic heterocycles. The number of anilines is 3. The molecular formula is C17H20Cl2N6OS. The summed E-state index contributed by atoms with van der Waals surface area (Å²) in [5, 5.41) is 1.03. The van der Waals surface area contributed by atoms with E-state index in [9.17, 15) is 0 Å². The molecule has 4 N–H and O–H groups in total. The Labute approximate surface area is 171 Å². The Morgan fingerprint density at radius 3 is 2.59 bits per heavy atom. The zero-order valence-electron chi connectivity index (χ0n) is 14.6. The summed E-state index contributed by atoms with van der Waals surface area (Å²) in [6.45, 7) is 3.63. The van der Waals surface area contributed by atoms with Crippen molar-refractivity contribution in [2.75, 3.05) is 42.7 Å². The fraction of sp³-hybridized carbons (Fsp3) is 0.471. The molecule has 2 saturated heterocycles. The van der Waals surface area contributed by atoms with Crippen molar-refractivity contribution in [1.29, 1.82) is 0 Å². The van der Waals surface area contributed by atoms with Crippen LogP contribution in [0.4, 0.5) is 17.5 Å². The highest BCUT2D eigenvalue weighted by atomic mass is 35.5. The van der Waals surface area contributed by atoms with Crippen LogP contribution in [0.2, 0.25) is 10.2 Å². The van der Waals surface area contributed by atoms with Gasteiger partial charge in [-0.25, -0.2) is 15.0 Å². The monoisotopic (exact) mass is 426 g/mol. The molecule has 4 rings (SSSR count). The number of nitrogens with zero attached hydrogens (tertiary/aromatic N) is 4. The largest absolute Gasteiger partial charge is 0.384 e. The van der Waals surface area contributed by atoms with Crippen LogP contribution in [0.3, 0.4) is 0 Å². The van der Waals surface area contributed by atoms with Crippen molar-refractivity contribution in [2.45, 2.75) is 29.2 Å². The predicted octanol–water partition coefficient (Wildman–Crippen LogP) is 3.50. The maximum absolute atomic E-state index is 6.20. The highest BCUT2D eigenvalue weighted by molar-refractivity contribution is 7.99. The second kappa shape index (κ2) is 7.50. The van der Waals surface area contributed by atoms with Gasteiger partial charge in [0.1, 0.15) is 16.7 Å². The second-order valence-electron chi connectivity index (χ2n) is 6.96. The van der Waals surface area contributed by atoms with Gasteiger partial charge < -0.3 is 21.1 Å². The van der Waals surface area contributed by atoms with E-state index in [1.54, 1.807) is 12.3 Å². The Morgan fingerprint density at radius 1 is 1.15 bits per heavy atom. The van der Waals surface area contributed by atoms with E-state index >= 15 is 0 Å². The van der Waals surface area contributed by atoms with Crippen molar-refractivity contribution >= 4 is 52.4 Å². The lowest BCUT2D eigenvalue weighted by molar-refractivity contribution is 0.133. The van der Waals surface area contributed by atoms with Crippen LogP contribution in [-0.2, 0) is 4.74 Å². The van der Waals surface area contributed by atoms with Crippen molar-refractivity contribution in [3.63, 3.8) is 0 Å². The average Bonchev–Trinajstić information content (AvgIpc) is 3.09. The number of nitrogens with two attached hydrogens (primary N) is 2. The molecule has 0 atom stereocenters. The first-order valence-electron chi connectivity index (χ1n) is 8.70. The van der Waals surface area contributed by atoms with Gasteiger partial charge in [-0.2, -0.15) is 0 Å². The highest BCUT2D eigenvalue weighted by Gasteiger charge is 2.38. The van der Waals surface area contributed by atoms with Gasteiger partial charge in [0.2, 0.25) is 0 Å². The van der Waals surface area contributed by atoms with E-state index in [4.69, 9.17) is 39.4 Å². The Kier molecular flexibility index (Phi) is 5.24. The van der Waals surface area contributed by atoms with Gasteiger partial charge in [-0.1, -0.05) is 35.0 Å². The lowest BCUT2D eigenvalue weighted by Crippen LogP contribution is -2.41. The first kappa shape index (κ1) is 18.9. The summed E-state index contributed by atoms with van der Waals surface area (Å²) in [5.74, 6) is 1.43. The third kappa shape index (κ3) is 3.89. The van der Waals surface area contributed by atoms with E-state index in [1.165, 1.54) is 11.8 Å². The minimum atomic E-state index is 0.153. The molecule has 0 amide bonds. The maximum atomic E-state index is 6.20. The summed E-state index contributed by atoms with van der Waals surface area (Å²) < 4.78 is 5.59. The molecule has 2 aliphatic heterocycles. The quantitative estimate of drug-likeness (QED) is 0.718. The Balaban J connectivity index is 1.48. The number of aromatic nitrogens is 3. The van der Waals surface area contributed by atoms with Gasteiger partial charge in [0, 0.05) is 24.6 Å². The van der Waals surface area contributed by atoms with Gasteiger partial charge in [0.15, 0.2) is 11.0 Å². The van der Waals surface area contributed by atoms with Crippen LogP contribution in [0.25, 0.3) is 0 Å². The van der Waals surface area contributed by atoms with E-state index < -0.39 is 0 Å². The minimum absolute atomic E-state index is 0.153. The lowest BCUT2D eigenvalue weighted by Gasteiger charge is -2.38. The van der Waals surface area contributed by atoms with Crippen LogP contribution in [0.15, 0.2) is 22.2 Å². The van der Waals surface area contributed by atoms with Crippen molar-refractivity contribution in [3.8, 4) is 0 Å². The van der Waals surface area contributed by atoms with Gasteiger partial charge in [-0.3, -0.25) is 0 Å². The van der Waals surface area contributed by atoms with Crippen LogP contribution < -0.4 is 16.4 Å². The molecule has 0 saturated carbocycles. The smallest absolute Gasteiger partial charge is 0.158 e. The van der Waals surface area contributed by atoms with Crippen molar-refractivity contribution < 1.29 is 4.74 Å². The molecule has 27 heavy (non-hydrogen) atoms. The van der Waals surface area contributed by atoms with Gasteiger partial charge in [0.05, 0.1) is 17.8 Å². The third-order valence-corrected chi connectivity index (χ3v) is 7.11. The summed E-state index contributed by atoms with van der Waals surface area (Å²) in [6.07, 6.45) is 5.12. The van der Waals surface area contributed by atoms with Crippen molar-refractivity contribution in [2.24, 2.45) is 5.41 Å². The van der Waals surface area contributed by atoms with Crippen LogP contribution in [-0.4, -0.2) is 41.3 Å². The molecule has 0 unspecified atom stereocenters. The van der Waals surface area contributed by atoms with Crippen molar-refractivity contribution in [1.82, 2.24) is 15.0 Å². The number of ether oxygens (including phenoxy) is 1. The molecular weight excluding hydrogens is 407 g/mol. The fourth-order valence-electron chi connectivity index (χ4n) is 3.54. The molecule has 0 aliphatic carbocycles. The lowest BCUT2D eigenvalue weighted by atomic mass is 9.78. The third-order valence-electron chi connectivity index (χ3n) is 5.19. The molecule has 0 radical (unpaired) electrons. The normalized spacial score (nSPS) is 19.0. The van der Waals surface area contributed by atoms with Gasteiger partial charge in [0.25, 0.3) is 0 Å². The number of piperidine rings is 1. The van der Waals surface area contributed by atoms with Crippen molar-refractivity contribution in [3.05, 3.63) is 22.4 Å². The second-order valence-corrected chi connectivity index (χ2v) is 8.73. The first-order chi connectivity index (χ1) is 13.0. The fourth-order valence-corrected chi connectivity index (χ4v) is 4.84. The zero-order valence-corrected chi connectivity index (χ0v) is 16.9. The first-order valence-corrected chi connectivity index (χ1v) is 10.3. The highest BCUT2D eigenvalue weighted by Crippen LogP contribution is 2.41. The summed E-state index contributed by atoms with van der Waals surface area (Å²) >= 11 is 13.5.